The lowest BCUT2D eigenvalue weighted by Gasteiger charge is -1.97. The Morgan fingerprint density at radius 3 is 2.80 bits per heavy atom. The van der Waals surface area contributed by atoms with Gasteiger partial charge < -0.3 is 0 Å². The third-order valence-corrected chi connectivity index (χ3v) is 2.19. The molecule has 0 saturated heterocycles. The average molecular weight is 245 g/mol. The van der Waals surface area contributed by atoms with Crippen molar-refractivity contribution in [3.8, 4) is 0 Å². The van der Waals surface area contributed by atoms with Gasteiger partial charge in [-0.25, -0.2) is 0 Å². The van der Waals surface area contributed by atoms with E-state index in [2.05, 4.69) is 27.6 Å². The highest BCUT2D eigenvalue weighted by molar-refractivity contribution is 14.1. The topological polar surface area (TPSA) is 30.0 Å². The van der Waals surface area contributed by atoms with Gasteiger partial charge in [-0.15, -0.1) is 0 Å². The standard InChI is InChI=1S/C6H5BINO/c7-6-4(3-10)5(8)1-2-9-6/h1-3H,7H2. The van der Waals surface area contributed by atoms with Crippen molar-refractivity contribution in [3.63, 3.8) is 0 Å². The van der Waals surface area contributed by atoms with Crippen LogP contribution in [0.3, 0.4) is 0 Å². The first kappa shape index (κ1) is 7.72. The summed E-state index contributed by atoms with van der Waals surface area (Å²) in [5.41, 5.74) is 1.49. The van der Waals surface area contributed by atoms with Crippen LogP contribution in [0.1, 0.15) is 10.4 Å². The third kappa shape index (κ3) is 1.37. The van der Waals surface area contributed by atoms with E-state index < -0.39 is 0 Å². The Hall–Kier alpha value is -0.385. The van der Waals surface area contributed by atoms with Crippen molar-refractivity contribution < 1.29 is 4.79 Å². The van der Waals surface area contributed by atoms with E-state index in [1.807, 2.05) is 13.9 Å². The zero-order chi connectivity index (χ0) is 7.56. The molecule has 0 N–H and O–H groups in total. The van der Waals surface area contributed by atoms with Crippen molar-refractivity contribution in [1.29, 1.82) is 0 Å². The molecule has 0 unspecified atom stereocenters. The van der Waals surface area contributed by atoms with Crippen LogP contribution in [0.2, 0.25) is 0 Å². The summed E-state index contributed by atoms with van der Waals surface area (Å²) < 4.78 is 0.958. The van der Waals surface area contributed by atoms with Gasteiger partial charge in [0.25, 0.3) is 0 Å². The molecule has 0 saturated carbocycles. The fraction of sp³-hybridized carbons (Fsp3) is 0. The third-order valence-electron chi connectivity index (χ3n) is 1.25. The average Bonchev–Trinajstić information content (AvgIpc) is 1.88. The van der Waals surface area contributed by atoms with Gasteiger partial charge >= 0.3 is 0 Å². The second-order valence-corrected chi connectivity index (χ2v) is 3.07. The summed E-state index contributed by atoms with van der Waals surface area (Å²) in [5, 5.41) is 0. The highest BCUT2D eigenvalue weighted by Gasteiger charge is 2.00. The monoisotopic (exact) mass is 245 g/mol. The van der Waals surface area contributed by atoms with Crippen LogP contribution in [0.25, 0.3) is 0 Å². The van der Waals surface area contributed by atoms with E-state index in [1.54, 1.807) is 6.20 Å². The Kier molecular flexibility index (Phi) is 2.42. The fourth-order valence-electron chi connectivity index (χ4n) is 0.688. The van der Waals surface area contributed by atoms with Crippen LogP contribution >= 0.6 is 22.6 Å². The zero-order valence-electron chi connectivity index (χ0n) is 5.47. The molecule has 0 radical (unpaired) electrons. The molecule has 0 bridgehead atoms. The summed E-state index contributed by atoms with van der Waals surface area (Å²) >= 11 is 2.11. The minimum absolute atomic E-state index is 0.697. The number of halogens is 1. The maximum Gasteiger partial charge on any atom is 0.164 e. The van der Waals surface area contributed by atoms with E-state index in [0.29, 0.717) is 5.56 Å². The Balaban J connectivity index is 3.30. The van der Waals surface area contributed by atoms with Gasteiger partial charge in [-0.2, -0.15) is 0 Å². The van der Waals surface area contributed by atoms with E-state index in [4.69, 9.17) is 0 Å². The van der Waals surface area contributed by atoms with Crippen LogP contribution < -0.4 is 5.59 Å². The number of pyridine rings is 1. The molecule has 1 heterocycles. The number of aldehydes is 1. The molecule has 0 aliphatic rings. The minimum atomic E-state index is 0.697. The first-order valence-corrected chi connectivity index (χ1v) is 3.90. The van der Waals surface area contributed by atoms with Crippen LogP contribution in [0.15, 0.2) is 12.3 Å². The summed E-state index contributed by atoms with van der Waals surface area (Å²) in [5.74, 6) is 0. The molecule has 0 aromatic carbocycles. The minimum Gasteiger partial charge on any atom is -0.298 e. The molecule has 0 spiro atoms. The Morgan fingerprint density at radius 1 is 1.70 bits per heavy atom. The second-order valence-electron chi connectivity index (χ2n) is 1.91. The van der Waals surface area contributed by atoms with E-state index in [-0.39, 0.29) is 0 Å². The van der Waals surface area contributed by atoms with E-state index >= 15 is 0 Å². The van der Waals surface area contributed by atoms with Crippen molar-refractivity contribution in [2.45, 2.75) is 0 Å². The van der Waals surface area contributed by atoms with Gasteiger partial charge in [0.05, 0.1) is 0 Å². The maximum atomic E-state index is 10.4. The highest BCUT2D eigenvalue weighted by Crippen LogP contribution is 2.04. The lowest BCUT2D eigenvalue weighted by atomic mass is 9.99. The normalized spacial score (nSPS) is 9.30. The summed E-state index contributed by atoms with van der Waals surface area (Å²) in [7, 11) is 1.83. The van der Waals surface area contributed by atoms with Crippen LogP contribution in [-0.4, -0.2) is 19.1 Å². The summed E-state index contributed by atoms with van der Waals surface area (Å²) in [6.07, 6.45) is 2.54. The summed E-state index contributed by atoms with van der Waals surface area (Å²) in [6, 6.07) is 1.82. The molecule has 0 aliphatic carbocycles. The number of hydrogen-bond acceptors (Lipinski definition) is 2. The number of carbonyl (C=O) groups excluding carboxylic acids is 1. The summed E-state index contributed by atoms with van der Waals surface area (Å²) in [4.78, 5) is 14.4. The van der Waals surface area contributed by atoms with Crippen molar-refractivity contribution in [2.24, 2.45) is 0 Å². The zero-order valence-corrected chi connectivity index (χ0v) is 7.62. The molecule has 10 heavy (non-hydrogen) atoms. The number of hydrogen-bond donors (Lipinski definition) is 0. The molecule has 0 fully saturated rings. The predicted octanol–water partition coefficient (Wildman–Crippen LogP) is -0.243. The lowest BCUT2D eigenvalue weighted by molar-refractivity contribution is 0.112. The van der Waals surface area contributed by atoms with Crippen molar-refractivity contribution in [2.75, 3.05) is 0 Å². The van der Waals surface area contributed by atoms with Crippen LogP contribution in [0.5, 0.6) is 0 Å². The smallest absolute Gasteiger partial charge is 0.164 e. The fourth-order valence-corrected chi connectivity index (χ4v) is 1.37. The molecule has 0 atom stereocenters. The molecule has 0 aliphatic heterocycles. The molecular weight excluding hydrogens is 240 g/mol. The largest absolute Gasteiger partial charge is 0.298 e. The Morgan fingerprint density at radius 2 is 2.40 bits per heavy atom. The van der Waals surface area contributed by atoms with Gasteiger partial charge in [0.1, 0.15) is 0 Å². The van der Waals surface area contributed by atoms with E-state index in [9.17, 15) is 4.79 Å². The second kappa shape index (κ2) is 3.14. The van der Waals surface area contributed by atoms with Gasteiger partial charge in [0, 0.05) is 20.9 Å². The van der Waals surface area contributed by atoms with Gasteiger partial charge in [-0.1, -0.05) is 0 Å². The van der Waals surface area contributed by atoms with E-state index in [0.717, 1.165) is 15.4 Å². The van der Waals surface area contributed by atoms with Crippen molar-refractivity contribution >= 4 is 42.3 Å². The molecule has 4 heteroatoms. The van der Waals surface area contributed by atoms with Crippen molar-refractivity contribution in [3.05, 3.63) is 21.4 Å². The predicted molar refractivity (Wildman–Crippen MR) is 50.5 cm³/mol. The molecule has 2 nitrogen and oxygen atoms in total. The molecule has 1 aromatic rings. The van der Waals surface area contributed by atoms with Crippen LogP contribution in [-0.2, 0) is 0 Å². The summed E-state index contributed by atoms with van der Waals surface area (Å²) in [6.45, 7) is 0. The van der Waals surface area contributed by atoms with Gasteiger partial charge in [0.2, 0.25) is 0 Å². The Labute approximate surface area is 73.6 Å². The van der Waals surface area contributed by atoms with Crippen LogP contribution in [0, 0.1) is 3.57 Å². The van der Waals surface area contributed by atoms with E-state index in [1.165, 1.54) is 0 Å². The Bertz CT molecular complexity index is 244. The van der Waals surface area contributed by atoms with Crippen LogP contribution in [0.4, 0.5) is 0 Å². The number of aromatic nitrogens is 1. The first-order chi connectivity index (χ1) is 4.75. The van der Waals surface area contributed by atoms with Crippen molar-refractivity contribution in [1.82, 2.24) is 4.98 Å². The first-order valence-electron chi connectivity index (χ1n) is 2.82. The number of nitrogens with zero attached hydrogens (tertiary/aromatic N) is 1. The maximum absolute atomic E-state index is 10.4. The number of rotatable bonds is 1. The van der Waals surface area contributed by atoms with Gasteiger partial charge in [0.15, 0.2) is 14.1 Å². The quantitative estimate of drug-likeness (QED) is 0.388. The SMILES string of the molecule is Bc1nccc(I)c1C=O. The molecule has 1 rings (SSSR count). The molecule has 0 amide bonds. The molecule has 1 aromatic heterocycles. The highest BCUT2D eigenvalue weighted by atomic mass is 127. The molecular formula is C6H5BINO. The number of carbonyl (C=O) groups is 1. The lowest BCUT2D eigenvalue weighted by Crippen LogP contribution is -2.15. The van der Waals surface area contributed by atoms with Gasteiger partial charge in [-0.3, -0.25) is 9.78 Å². The molecule has 50 valence electrons. The van der Waals surface area contributed by atoms with Gasteiger partial charge in [-0.05, 0) is 28.7 Å².